The number of fused-ring (bicyclic) bond motifs is 4. The molecule has 0 aliphatic rings. The minimum atomic E-state index is 0.866. The van der Waals surface area contributed by atoms with Crippen molar-refractivity contribution in [2.45, 2.75) is 0 Å². The van der Waals surface area contributed by atoms with E-state index in [1.165, 1.54) is 54.9 Å². The lowest BCUT2D eigenvalue weighted by atomic mass is 9.83. The van der Waals surface area contributed by atoms with E-state index in [1.807, 2.05) is 24.7 Å². The summed E-state index contributed by atoms with van der Waals surface area (Å²) in [5.74, 6) is 0. The molecule has 2 aromatic heterocycles. The van der Waals surface area contributed by atoms with Crippen LogP contribution >= 0.6 is 0 Å². The highest BCUT2D eigenvalue weighted by Crippen LogP contribution is 2.48. The molecule has 0 unspecified atom stereocenters. The van der Waals surface area contributed by atoms with Crippen LogP contribution in [0.4, 0.5) is 0 Å². The summed E-state index contributed by atoms with van der Waals surface area (Å²) in [5, 5.41) is 6.94. The minimum absolute atomic E-state index is 0.866. The zero-order valence-corrected chi connectivity index (χ0v) is 37.1. The van der Waals surface area contributed by atoms with E-state index >= 15 is 0 Å². The molecule has 0 spiro atoms. The molecule has 0 fully saturated rings. The van der Waals surface area contributed by atoms with Gasteiger partial charge in [-0.1, -0.05) is 194 Å². The standard InChI is InChI=1S/C66H42O2/c1-5-15-43(16-6-1)47-23-13-25-53(35-47)65-57-33-29-50(52-28-32-56-62(42-68-64(56)40-52)46-21-11-4-12-22-46)38-60(57)66(54-26-14-24-48(36-54)44-17-7-2-8-18-44)58-34-30-49(37-59(58)65)51-27-31-55-61(41-67-63(55)39-51)45-19-9-3-10-20-45/h1-42H. The van der Waals surface area contributed by atoms with Gasteiger partial charge in [-0.05, 0) is 148 Å². The summed E-state index contributed by atoms with van der Waals surface area (Å²) in [6.07, 6.45) is 3.76. The highest BCUT2D eigenvalue weighted by Gasteiger charge is 2.21. The van der Waals surface area contributed by atoms with Crippen LogP contribution in [0.2, 0.25) is 0 Å². The number of furan rings is 2. The van der Waals surface area contributed by atoms with E-state index in [4.69, 9.17) is 8.83 Å². The van der Waals surface area contributed by atoms with Crippen molar-refractivity contribution < 1.29 is 8.83 Å². The Morgan fingerprint density at radius 1 is 0.191 bits per heavy atom. The van der Waals surface area contributed by atoms with Crippen molar-refractivity contribution in [3.05, 3.63) is 255 Å². The molecule has 0 amide bonds. The number of rotatable bonds is 8. The fourth-order valence-electron chi connectivity index (χ4n) is 10.3. The third-order valence-corrected chi connectivity index (χ3v) is 13.6. The monoisotopic (exact) mass is 866 g/mol. The van der Waals surface area contributed by atoms with Crippen molar-refractivity contribution in [3.63, 3.8) is 0 Å². The van der Waals surface area contributed by atoms with Crippen LogP contribution < -0.4 is 0 Å². The largest absolute Gasteiger partial charge is 0.464 e. The topological polar surface area (TPSA) is 26.3 Å². The Morgan fingerprint density at radius 3 is 0.897 bits per heavy atom. The predicted molar refractivity (Wildman–Crippen MR) is 284 cm³/mol. The smallest absolute Gasteiger partial charge is 0.135 e. The van der Waals surface area contributed by atoms with Crippen LogP contribution in [0, 0.1) is 0 Å². The third-order valence-electron chi connectivity index (χ3n) is 13.6. The molecular formula is C66H42O2. The first-order valence-corrected chi connectivity index (χ1v) is 23.2. The summed E-state index contributed by atoms with van der Waals surface area (Å²) in [7, 11) is 0. The van der Waals surface area contributed by atoms with Crippen LogP contribution in [-0.4, -0.2) is 0 Å². The van der Waals surface area contributed by atoms with E-state index in [9.17, 15) is 0 Å². The van der Waals surface area contributed by atoms with Gasteiger partial charge in [0, 0.05) is 21.9 Å². The second-order valence-corrected chi connectivity index (χ2v) is 17.6. The first kappa shape index (κ1) is 39.4. The van der Waals surface area contributed by atoms with Gasteiger partial charge < -0.3 is 8.83 Å². The molecule has 0 radical (unpaired) electrons. The molecule has 0 saturated carbocycles. The number of hydrogen-bond donors (Lipinski definition) is 0. The highest BCUT2D eigenvalue weighted by atomic mass is 16.3. The van der Waals surface area contributed by atoms with E-state index in [2.05, 4.69) is 231 Å². The van der Waals surface area contributed by atoms with Crippen LogP contribution in [0.1, 0.15) is 0 Å². The molecule has 13 rings (SSSR count). The van der Waals surface area contributed by atoms with Crippen LogP contribution in [0.25, 0.3) is 132 Å². The molecule has 318 valence electrons. The van der Waals surface area contributed by atoms with Gasteiger partial charge in [-0.15, -0.1) is 0 Å². The van der Waals surface area contributed by atoms with E-state index < -0.39 is 0 Å². The van der Waals surface area contributed by atoms with Crippen molar-refractivity contribution in [2.75, 3.05) is 0 Å². The van der Waals surface area contributed by atoms with Crippen molar-refractivity contribution in [3.8, 4) is 89.0 Å². The number of hydrogen-bond acceptors (Lipinski definition) is 2. The number of benzene rings is 11. The SMILES string of the molecule is c1ccc(-c2cccc(-c3c4ccc(-c5ccc6c(-c7ccccc7)coc6c5)cc4c(-c4cccc(-c5ccccc5)c4)c4ccc(-c5ccc6c(-c7ccccc7)coc6c5)cc34)c2)cc1. The van der Waals surface area contributed by atoms with Gasteiger partial charge in [0.15, 0.2) is 0 Å². The molecule has 68 heavy (non-hydrogen) atoms. The van der Waals surface area contributed by atoms with Crippen LogP contribution in [0.15, 0.2) is 264 Å². The summed E-state index contributed by atoms with van der Waals surface area (Å²) in [4.78, 5) is 0. The second kappa shape index (κ2) is 16.5. The molecule has 0 saturated heterocycles. The molecule has 11 aromatic carbocycles. The Kier molecular flexibility index (Phi) is 9.54. The zero-order valence-electron chi connectivity index (χ0n) is 37.1. The maximum absolute atomic E-state index is 6.27. The quantitative estimate of drug-likeness (QED) is 0.142. The van der Waals surface area contributed by atoms with E-state index in [-0.39, 0.29) is 0 Å². The molecule has 0 N–H and O–H groups in total. The van der Waals surface area contributed by atoms with Crippen molar-refractivity contribution in [2.24, 2.45) is 0 Å². The van der Waals surface area contributed by atoms with Crippen LogP contribution in [-0.2, 0) is 0 Å². The van der Waals surface area contributed by atoms with E-state index in [0.717, 1.165) is 77.6 Å². The average molecular weight is 867 g/mol. The fraction of sp³-hybridized carbons (Fsp3) is 0. The lowest BCUT2D eigenvalue weighted by Crippen LogP contribution is -1.93. The van der Waals surface area contributed by atoms with E-state index in [1.54, 1.807) is 0 Å². The lowest BCUT2D eigenvalue weighted by molar-refractivity contribution is 0.617. The first-order valence-electron chi connectivity index (χ1n) is 23.2. The molecule has 2 heterocycles. The first-order chi connectivity index (χ1) is 33.7. The van der Waals surface area contributed by atoms with Gasteiger partial charge in [0.05, 0.1) is 12.5 Å². The molecule has 2 nitrogen and oxygen atoms in total. The predicted octanol–water partition coefficient (Wildman–Crippen LogP) is 18.8. The fourth-order valence-corrected chi connectivity index (χ4v) is 10.3. The van der Waals surface area contributed by atoms with Crippen LogP contribution in [0.5, 0.6) is 0 Å². The van der Waals surface area contributed by atoms with Gasteiger partial charge in [-0.25, -0.2) is 0 Å². The zero-order chi connectivity index (χ0) is 45.0. The second-order valence-electron chi connectivity index (χ2n) is 17.6. The van der Waals surface area contributed by atoms with Gasteiger partial charge in [0.2, 0.25) is 0 Å². The Balaban J connectivity index is 1.06. The normalized spacial score (nSPS) is 11.5. The minimum Gasteiger partial charge on any atom is -0.464 e. The van der Waals surface area contributed by atoms with Crippen LogP contribution in [0.3, 0.4) is 0 Å². The summed E-state index contributed by atoms with van der Waals surface area (Å²) in [6, 6.07) is 87.6. The molecule has 13 aromatic rings. The summed E-state index contributed by atoms with van der Waals surface area (Å²) < 4.78 is 12.5. The van der Waals surface area contributed by atoms with Gasteiger partial charge in [-0.3, -0.25) is 0 Å². The maximum atomic E-state index is 6.27. The summed E-state index contributed by atoms with van der Waals surface area (Å²) in [6.45, 7) is 0. The Labute approximate surface area is 394 Å². The lowest BCUT2D eigenvalue weighted by Gasteiger charge is -2.20. The maximum Gasteiger partial charge on any atom is 0.135 e. The van der Waals surface area contributed by atoms with Gasteiger partial charge in [0.25, 0.3) is 0 Å². The van der Waals surface area contributed by atoms with Crippen molar-refractivity contribution in [1.29, 1.82) is 0 Å². The Morgan fingerprint density at radius 2 is 0.500 bits per heavy atom. The molecule has 0 aliphatic carbocycles. The molecule has 0 aliphatic heterocycles. The highest BCUT2D eigenvalue weighted by molar-refractivity contribution is 6.23. The summed E-state index contributed by atoms with van der Waals surface area (Å²) in [5.41, 5.74) is 20.1. The summed E-state index contributed by atoms with van der Waals surface area (Å²) >= 11 is 0. The molecule has 0 atom stereocenters. The third kappa shape index (κ3) is 6.90. The Hall–Kier alpha value is -8.98. The van der Waals surface area contributed by atoms with Crippen molar-refractivity contribution >= 4 is 43.5 Å². The van der Waals surface area contributed by atoms with Gasteiger partial charge >= 0.3 is 0 Å². The van der Waals surface area contributed by atoms with E-state index in [0.29, 0.717) is 0 Å². The average Bonchev–Trinajstić information content (AvgIpc) is 4.05. The van der Waals surface area contributed by atoms with Gasteiger partial charge in [0.1, 0.15) is 11.2 Å². The van der Waals surface area contributed by atoms with Gasteiger partial charge in [-0.2, -0.15) is 0 Å². The molecule has 0 bridgehead atoms. The Bertz CT molecular complexity index is 3730. The molecule has 2 heteroatoms. The molecular weight excluding hydrogens is 825 g/mol. The van der Waals surface area contributed by atoms with Crippen molar-refractivity contribution in [1.82, 2.24) is 0 Å².